The summed E-state index contributed by atoms with van der Waals surface area (Å²) in [6.07, 6.45) is 3.32. The van der Waals surface area contributed by atoms with E-state index in [0.717, 1.165) is 16.3 Å². The van der Waals surface area contributed by atoms with Gasteiger partial charge in [0.2, 0.25) is 5.91 Å². The molecule has 19 heavy (non-hydrogen) atoms. The predicted molar refractivity (Wildman–Crippen MR) is 76.6 cm³/mol. The maximum atomic E-state index is 11.9. The summed E-state index contributed by atoms with van der Waals surface area (Å²) in [4.78, 5) is 21.6. The van der Waals surface area contributed by atoms with E-state index >= 15 is 0 Å². The van der Waals surface area contributed by atoms with Crippen molar-refractivity contribution in [3.05, 3.63) is 35.6 Å². The van der Waals surface area contributed by atoms with E-state index in [1.807, 2.05) is 38.3 Å². The molecule has 5 heteroatoms. The second kappa shape index (κ2) is 5.48. The van der Waals surface area contributed by atoms with E-state index < -0.39 is 5.41 Å². The molecule has 1 N–H and O–H groups in total. The van der Waals surface area contributed by atoms with Crippen molar-refractivity contribution < 1.29 is 4.79 Å². The number of rotatable bonds is 3. The Kier molecular flexibility index (Phi) is 3.95. The van der Waals surface area contributed by atoms with Gasteiger partial charge in [0.1, 0.15) is 5.69 Å². The van der Waals surface area contributed by atoms with Crippen LogP contribution >= 0.6 is 11.3 Å². The number of carbonyl (C=O) groups excluding carboxylic acids is 1. The van der Waals surface area contributed by atoms with E-state index in [9.17, 15) is 4.79 Å². The maximum Gasteiger partial charge on any atom is 0.225 e. The summed E-state index contributed by atoms with van der Waals surface area (Å²) in [6.45, 7) is 6.06. The Morgan fingerprint density at radius 3 is 2.68 bits per heavy atom. The molecule has 100 valence electrons. The lowest BCUT2D eigenvalue weighted by Gasteiger charge is -2.17. The SMILES string of the molecule is CC(C)(C)C(=O)NCc1nccnc1-c1cccs1. The third kappa shape index (κ3) is 3.38. The highest BCUT2D eigenvalue weighted by Gasteiger charge is 2.21. The third-order valence-corrected chi connectivity index (χ3v) is 3.50. The van der Waals surface area contributed by atoms with Crippen LogP contribution in [0.4, 0.5) is 0 Å². The Hall–Kier alpha value is -1.75. The zero-order valence-corrected chi connectivity index (χ0v) is 12.1. The molecule has 0 spiro atoms. The fraction of sp³-hybridized carbons (Fsp3) is 0.357. The summed E-state index contributed by atoms with van der Waals surface area (Å²) in [5.74, 6) is 0.00952. The Morgan fingerprint density at radius 2 is 2.05 bits per heavy atom. The summed E-state index contributed by atoms with van der Waals surface area (Å²) < 4.78 is 0. The van der Waals surface area contributed by atoms with Crippen LogP contribution in [0.2, 0.25) is 0 Å². The first-order valence-electron chi connectivity index (χ1n) is 6.10. The lowest BCUT2D eigenvalue weighted by molar-refractivity contribution is -0.128. The smallest absolute Gasteiger partial charge is 0.225 e. The highest BCUT2D eigenvalue weighted by atomic mass is 32.1. The molecule has 0 radical (unpaired) electrons. The molecule has 0 aliphatic carbocycles. The van der Waals surface area contributed by atoms with Gasteiger partial charge < -0.3 is 5.32 Å². The molecule has 0 aromatic carbocycles. The number of aromatic nitrogens is 2. The Bertz CT molecular complexity index is 558. The highest BCUT2D eigenvalue weighted by molar-refractivity contribution is 7.13. The molecule has 0 aliphatic rings. The quantitative estimate of drug-likeness (QED) is 0.937. The van der Waals surface area contributed by atoms with E-state index in [1.165, 1.54) is 0 Å². The second-order valence-corrected chi connectivity index (χ2v) is 6.21. The van der Waals surface area contributed by atoms with E-state index in [-0.39, 0.29) is 5.91 Å². The van der Waals surface area contributed by atoms with Crippen LogP contribution in [0.3, 0.4) is 0 Å². The molecule has 0 saturated heterocycles. The molecule has 0 bridgehead atoms. The van der Waals surface area contributed by atoms with Crippen LogP contribution in [-0.4, -0.2) is 15.9 Å². The average molecular weight is 275 g/mol. The van der Waals surface area contributed by atoms with Crippen LogP contribution in [0.1, 0.15) is 26.5 Å². The van der Waals surface area contributed by atoms with Crippen molar-refractivity contribution in [3.8, 4) is 10.6 Å². The van der Waals surface area contributed by atoms with Crippen LogP contribution in [0, 0.1) is 5.41 Å². The number of hydrogen-bond acceptors (Lipinski definition) is 4. The van der Waals surface area contributed by atoms with Gasteiger partial charge in [0.25, 0.3) is 0 Å². The van der Waals surface area contributed by atoms with Crippen molar-refractivity contribution in [2.24, 2.45) is 5.41 Å². The molecule has 0 fully saturated rings. The number of amides is 1. The number of nitrogens with one attached hydrogen (secondary N) is 1. The van der Waals surface area contributed by atoms with Gasteiger partial charge >= 0.3 is 0 Å². The van der Waals surface area contributed by atoms with Gasteiger partial charge in [-0.3, -0.25) is 14.8 Å². The molecule has 2 aromatic rings. The molecule has 0 aliphatic heterocycles. The third-order valence-electron chi connectivity index (χ3n) is 2.63. The van der Waals surface area contributed by atoms with Gasteiger partial charge in [-0.15, -0.1) is 11.3 Å². The van der Waals surface area contributed by atoms with Crippen molar-refractivity contribution in [3.63, 3.8) is 0 Å². The molecular formula is C14H17N3OS. The van der Waals surface area contributed by atoms with Crippen molar-refractivity contribution in [1.82, 2.24) is 15.3 Å². The van der Waals surface area contributed by atoms with E-state index in [0.29, 0.717) is 6.54 Å². The van der Waals surface area contributed by atoms with Crippen molar-refractivity contribution in [2.45, 2.75) is 27.3 Å². The molecule has 0 saturated carbocycles. The number of hydrogen-bond donors (Lipinski definition) is 1. The standard InChI is InChI=1S/C14H17N3OS/c1-14(2,3)13(18)17-9-10-12(16-7-6-15-10)11-5-4-8-19-11/h4-8H,9H2,1-3H3,(H,17,18). The molecule has 0 atom stereocenters. The Balaban J connectivity index is 2.16. The van der Waals surface area contributed by atoms with Gasteiger partial charge in [-0.05, 0) is 11.4 Å². The molecule has 2 aromatic heterocycles. The van der Waals surface area contributed by atoms with Crippen molar-refractivity contribution in [2.75, 3.05) is 0 Å². The normalized spacial score (nSPS) is 11.3. The van der Waals surface area contributed by atoms with Gasteiger partial charge in [-0.1, -0.05) is 26.8 Å². The minimum absolute atomic E-state index is 0.00952. The fourth-order valence-electron chi connectivity index (χ4n) is 1.54. The fourth-order valence-corrected chi connectivity index (χ4v) is 2.29. The topological polar surface area (TPSA) is 54.9 Å². The Labute approximate surface area is 116 Å². The Morgan fingerprint density at radius 1 is 1.32 bits per heavy atom. The first kappa shape index (κ1) is 13.7. The summed E-state index contributed by atoms with van der Waals surface area (Å²) in [5.41, 5.74) is 1.24. The van der Waals surface area contributed by atoms with Crippen LogP contribution in [0.25, 0.3) is 10.6 Å². The van der Waals surface area contributed by atoms with E-state index in [1.54, 1.807) is 23.7 Å². The zero-order chi connectivity index (χ0) is 13.9. The average Bonchev–Trinajstić information content (AvgIpc) is 2.88. The number of nitrogens with zero attached hydrogens (tertiary/aromatic N) is 2. The van der Waals surface area contributed by atoms with Crippen molar-refractivity contribution in [1.29, 1.82) is 0 Å². The van der Waals surface area contributed by atoms with E-state index in [4.69, 9.17) is 0 Å². The van der Waals surface area contributed by atoms with Gasteiger partial charge in [0.05, 0.1) is 17.1 Å². The van der Waals surface area contributed by atoms with Gasteiger partial charge in [-0.2, -0.15) is 0 Å². The maximum absolute atomic E-state index is 11.9. The van der Waals surface area contributed by atoms with Crippen LogP contribution in [0.15, 0.2) is 29.9 Å². The second-order valence-electron chi connectivity index (χ2n) is 5.26. The first-order chi connectivity index (χ1) is 8.98. The number of carbonyl (C=O) groups is 1. The lowest BCUT2D eigenvalue weighted by Crippen LogP contribution is -2.34. The minimum Gasteiger partial charge on any atom is -0.350 e. The molecule has 1 amide bonds. The van der Waals surface area contributed by atoms with Crippen molar-refractivity contribution >= 4 is 17.2 Å². The lowest BCUT2D eigenvalue weighted by atomic mass is 9.96. The first-order valence-corrected chi connectivity index (χ1v) is 6.98. The monoisotopic (exact) mass is 275 g/mol. The van der Waals surface area contributed by atoms with Gasteiger partial charge in [0.15, 0.2) is 0 Å². The minimum atomic E-state index is -0.398. The summed E-state index contributed by atoms with van der Waals surface area (Å²) >= 11 is 1.61. The number of thiophene rings is 1. The van der Waals surface area contributed by atoms with Gasteiger partial charge in [-0.25, -0.2) is 0 Å². The van der Waals surface area contributed by atoms with E-state index in [2.05, 4.69) is 15.3 Å². The summed E-state index contributed by atoms with van der Waals surface area (Å²) in [5, 5.41) is 4.91. The van der Waals surface area contributed by atoms with Crippen LogP contribution in [0.5, 0.6) is 0 Å². The molecule has 0 unspecified atom stereocenters. The summed E-state index contributed by atoms with van der Waals surface area (Å²) in [7, 11) is 0. The molecule has 2 rings (SSSR count). The highest BCUT2D eigenvalue weighted by Crippen LogP contribution is 2.24. The molecule has 2 heterocycles. The van der Waals surface area contributed by atoms with Crippen LogP contribution < -0.4 is 5.32 Å². The zero-order valence-electron chi connectivity index (χ0n) is 11.3. The largest absolute Gasteiger partial charge is 0.350 e. The van der Waals surface area contributed by atoms with Crippen LogP contribution in [-0.2, 0) is 11.3 Å². The molecule has 4 nitrogen and oxygen atoms in total. The predicted octanol–water partition coefficient (Wildman–Crippen LogP) is 2.87. The summed E-state index contributed by atoms with van der Waals surface area (Å²) in [6, 6.07) is 3.98. The molecular weight excluding hydrogens is 258 g/mol. The van der Waals surface area contributed by atoms with Gasteiger partial charge in [0, 0.05) is 17.8 Å².